The number of halogens is 2. The van der Waals surface area contributed by atoms with Gasteiger partial charge in [0.15, 0.2) is 5.78 Å². The minimum Gasteiger partial charge on any atom is -0.326 e. The van der Waals surface area contributed by atoms with Crippen LogP contribution >= 0.6 is 23.2 Å². The third-order valence-corrected chi connectivity index (χ3v) is 4.66. The molecule has 1 heterocycles. The second kappa shape index (κ2) is 6.36. The molecular weight excluding hydrogens is 351 g/mol. The molecule has 0 aromatic heterocycles. The quantitative estimate of drug-likeness (QED) is 0.669. The number of amides is 2. The van der Waals surface area contributed by atoms with Crippen molar-refractivity contribution in [3.8, 4) is 0 Å². The summed E-state index contributed by atoms with van der Waals surface area (Å²) >= 11 is 12.2. The highest BCUT2D eigenvalue weighted by Gasteiger charge is 2.36. The second-order valence-electron chi connectivity index (χ2n) is 5.26. The minimum atomic E-state index is -0.493. The molecule has 0 aliphatic carbocycles. The summed E-state index contributed by atoms with van der Waals surface area (Å²) in [6.45, 7) is -0.316. The number of Topliss-reactive ketones (excluding diaryl/α,β-unsaturated/α-hetero) is 1. The molecule has 0 fully saturated rings. The molecule has 7 heteroatoms. The SMILES string of the molecule is NCc1c(Cl)ccc(C(=O)CN2C(=O)c3ccccc3C2=O)c1Cl. The Kier molecular flexibility index (Phi) is 4.41. The number of carbonyl (C=O) groups is 3. The molecule has 24 heavy (non-hydrogen) atoms. The number of imide groups is 1. The standard InChI is InChI=1S/C17H12Cl2N2O3/c18-13-6-5-11(15(19)12(13)7-20)14(22)8-21-16(23)9-3-1-2-4-10(9)17(21)24/h1-6H,7-8,20H2. The summed E-state index contributed by atoms with van der Waals surface area (Å²) in [4.78, 5) is 38.1. The van der Waals surface area contributed by atoms with Crippen molar-refractivity contribution in [2.75, 3.05) is 6.54 Å². The van der Waals surface area contributed by atoms with Crippen molar-refractivity contribution in [2.24, 2.45) is 5.73 Å². The van der Waals surface area contributed by atoms with E-state index in [2.05, 4.69) is 0 Å². The molecule has 1 aliphatic heterocycles. The lowest BCUT2D eigenvalue weighted by Gasteiger charge is -2.14. The second-order valence-corrected chi connectivity index (χ2v) is 6.04. The van der Waals surface area contributed by atoms with E-state index in [1.54, 1.807) is 24.3 Å². The summed E-state index contributed by atoms with van der Waals surface area (Å²) in [6, 6.07) is 9.43. The normalized spacial score (nSPS) is 13.4. The predicted molar refractivity (Wildman–Crippen MR) is 90.5 cm³/mol. The van der Waals surface area contributed by atoms with Crippen LogP contribution in [-0.4, -0.2) is 29.0 Å². The van der Waals surface area contributed by atoms with Gasteiger partial charge in [-0.2, -0.15) is 0 Å². The fourth-order valence-corrected chi connectivity index (χ4v) is 3.24. The van der Waals surface area contributed by atoms with Gasteiger partial charge in [0.25, 0.3) is 11.8 Å². The van der Waals surface area contributed by atoms with Gasteiger partial charge in [0.05, 0.1) is 22.7 Å². The minimum absolute atomic E-state index is 0.0752. The molecule has 0 bridgehead atoms. The molecule has 2 aromatic rings. The van der Waals surface area contributed by atoms with Crippen LogP contribution < -0.4 is 5.73 Å². The summed E-state index contributed by atoms with van der Waals surface area (Å²) in [5, 5.41) is 0.506. The molecule has 0 atom stereocenters. The molecule has 0 saturated heterocycles. The average molecular weight is 363 g/mol. The summed E-state index contributed by atoms with van der Waals surface area (Å²) in [6.07, 6.45) is 0. The third-order valence-electron chi connectivity index (χ3n) is 3.87. The van der Waals surface area contributed by atoms with Gasteiger partial charge in [0.2, 0.25) is 0 Å². The zero-order chi connectivity index (χ0) is 17.4. The first kappa shape index (κ1) is 16.6. The first-order valence-electron chi connectivity index (χ1n) is 7.11. The fraction of sp³-hybridized carbons (Fsp3) is 0.118. The van der Waals surface area contributed by atoms with Crippen LogP contribution in [0.3, 0.4) is 0 Å². The van der Waals surface area contributed by atoms with E-state index in [0.717, 1.165) is 4.90 Å². The Bertz CT molecular complexity index is 845. The maximum Gasteiger partial charge on any atom is 0.261 e. The van der Waals surface area contributed by atoms with Crippen LogP contribution in [-0.2, 0) is 6.54 Å². The molecule has 0 spiro atoms. The Balaban J connectivity index is 1.90. The third kappa shape index (κ3) is 2.60. The molecule has 0 saturated carbocycles. The fourth-order valence-electron chi connectivity index (χ4n) is 2.61. The average Bonchev–Trinajstić information content (AvgIpc) is 2.81. The van der Waals surface area contributed by atoms with Crippen molar-refractivity contribution in [1.82, 2.24) is 4.90 Å². The van der Waals surface area contributed by atoms with Crippen LogP contribution in [0.15, 0.2) is 36.4 Å². The van der Waals surface area contributed by atoms with Gasteiger partial charge >= 0.3 is 0 Å². The molecule has 0 radical (unpaired) electrons. The Hall–Kier alpha value is -2.21. The number of benzene rings is 2. The van der Waals surface area contributed by atoms with E-state index < -0.39 is 24.1 Å². The molecule has 2 amide bonds. The number of rotatable bonds is 4. The lowest BCUT2D eigenvalue weighted by atomic mass is 10.1. The number of nitrogens with two attached hydrogens (primary N) is 1. The van der Waals surface area contributed by atoms with E-state index in [0.29, 0.717) is 21.7 Å². The Morgan fingerprint density at radius 2 is 1.58 bits per heavy atom. The maximum absolute atomic E-state index is 12.5. The van der Waals surface area contributed by atoms with Gasteiger partial charge in [-0.25, -0.2) is 0 Å². The van der Waals surface area contributed by atoms with Gasteiger partial charge in [-0.05, 0) is 24.3 Å². The van der Waals surface area contributed by atoms with Crippen molar-refractivity contribution < 1.29 is 14.4 Å². The van der Waals surface area contributed by atoms with Crippen LogP contribution in [0, 0.1) is 0 Å². The Morgan fingerprint density at radius 3 is 2.12 bits per heavy atom. The van der Waals surface area contributed by atoms with Crippen LogP contribution in [0.5, 0.6) is 0 Å². The number of nitrogens with zero attached hydrogens (tertiary/aromatic N) is 1. The molecule has 2 aromatic carbocycles. The lowest BCUT2D eigenvalue weighted by molar-refractivity contribution is 0.0624. The van der Waals surface area contributed by atoms with Gasteiger partial charge < -0.3 is 5.73 Å². The monoisotopic (exact) mass is 362 g/mol. The Morgan fingerprint density at radius 1 is 1.00 bits per heavy atom. The summed E-state index contributed by atoms with van der Waals surface area (Å²) < 4.78 is 0. The van der Waals surface area contributed by atoms with E-state index in [1.165, 1.54) is 12.1 Å². The zero-order valence-corrected chi connectivity index (χ0v) is 13.9. The molecule has 0 unspecified atom stereocenters. The van der Waals surface area contributed by atoms with E-state index in [1.807, 2.05) is 0 Å². The van der Waals surface area contributed by atoms with Crippen molar-refractivity contribution >= 4 is 40.8 Å². The summed E-state index contributed by atoms with van der Waals surface area (Å²) in [7, 11) is 0. The number of ketones is 1. The number of carbonyl (C=O) groups excluding carboxylic acids is 3. The van der Waals surface area contributed by atoms with E-state index in [-0.39, 0.29) is 17.1 Å². The van der Waals surface area contributed by atoms with Crippen LogP contribution in [0.1, 0.15) is 36.6 Å². The number of hydrogen-bond acceptors (Lipinski definition) is 4. The van der Waals surface area contributed by atoms with Gasteiger partial charge in [-0.15, -0.1) is 0 Å². The lowest BCUT2D eigenvalue weighted by Crippen LogP contribution is -2.35. The molecular formula is C17H12Cl2N2O3. The number of fused-ring (bicyclic) bond motifs is 1. The highest BCUT2D eigenvalue weighted by Crippen LogP contribution is 2.29. The molecule has 3 rings (SSSR count). The first-order chi connectivity index (χ1) is 11.5. The van der Waals surface area contributed by atoms with Crippen molar-refractivity contribution in [3.05, 3.63) is 68.7 Å². The van der Waals surface area contributed by atoms with E-state index in [9.17, 15) is 14.4 Å². The summed E-state index contributed by atoms with van der Waals surface area (Å²) in [5.41, 5.74) is 6.80. The predicted octanol–water partition coefficient (Wildman–Crippen LogP) is 2.93. The molecule has 1 aliphatic rings. The topological polar surface area (TPSA) is 80.5 Å². The van der Waals surface area contributed by atoms with Gasteiger partial charge in [0, 0.05) is 22.7 Å². The van der Waals surface area contributed by atoms with Crippen LogP contribution in [0.4, 0.5) is 0 Å². The van der Waals surface area contributed by atoms with Crippen molar-refractivity contribution in [1.29, 1.82) is 0 Å². The Labute approximate surface area is 147 Å². The zero-order valence-electron chi connectivity index (χ0n) is 12.4. The highest BCUT2D eigenvalue weighted by molar-refractivity contribution is 6.38. The first-order valence-corrected chi connectivity index (χ1v) is 7.86. The largest absolute Gasteiger partial charge is 0.326 e. The van der Waals surface area contributed by atoms with Gasteiger partial charge in [-0.3, -0.25) is 19.3 Å². The molecule has 122 valence electrons. The molecule has 5 nitrogen and oxygen atoms in total. The van der Waals surface area contributed by atoms with Crippen LogP contribution in [0.2, 0.25) is 10.0 Å². The summed E-state index contributed by atoms with van der Waals surface area (Å²) in [5.74, 6) is -1.44. The van der Waals surface area contributed by atoms with E-state index in [4.69, 9.17) is 28.9 Å². The maximum atomic E-state index is 12.5. The van der Waals surface area contributed by atoms with Crippen molar-refractivity contribution in [3.63, 3.8) is 0 Å². The van der Waals surface area contributed by atoms with Crippen molar-refractivity contribution in [2.45, 2.75) is 6.54 Å². The van der Waals surface area contributed by atoms with Gasteiger partial charge in [-0.1, -0.05) is 35.3 Å². The smallest absolute Gasteiger partial charge is 0.261 e. The van der Waals surface area contributed by atoms with Gasteiger partial charge in [0.1, 0.15) is 0 Å². The highest BCUT2D eigenvalue weighted by atomic mass is 35.5. The van der Waals surface area contributed by atoms with Crippen LogP contribution in [0.25, 0.3) is 0 Å². The molecule has 2 N–H and O–H groups in total. The van der Waals surface area contributed by atoms with E-state index >= 15 is 0 Å². The number of hydrogen-bond donors (Lipinski definition) is 1.